The Kier molecular flexibility index (Phi) is 4.73. The number of carbonyl (C=O) groups is 1. The summed E-state index contributed by atoms with van der Waals surface area (Å²) < 4.78 is 2.22. The van der Waals surface area contributed by atoms with E-state index in [1.165, 1.54) is 12.8 Å². The van der Waals surface area contributed by atoms with Crippen molar-refractivity contribution < 1.29 is 4.79 Å². The van der Waals surface area contributed by atoms with Crippen molar-refractivity contribution in [2.45, 2.75) is 38.6 Å². The van der Waals surface area contributed by atoms with Gasteiger partial charge in [0, 0.05) is 24.7 Å². The maximum Gasteiger partial charge on any atom is 0.225 e. The van der Waals surface area contributed by atoms with Crippen LogP contribution in [0.3, 0.4) is 0 Å². The second-order valence-electron chi connectivity index (χ2n) is 4.95. The van der Waals surface area contributed by atoms with Crippen molar-refractivity contribution in [1.82, 2.24) is 4.67 Å². The fourth-order valence-corrected chi connectivity index (χ4v) is 2.81. The van der Waals surface area contributed by atoms with E-state index in [4.69, 9.17) is 0 Å². The van der Waals surface area contributed by atoms with Crippen molar-refractivity contribution in [3.63, 3.8) is 0 Å². The Hall–Kier alpha value is -0.920. The lowest BCUT2D eigenvalue weighted by Crippen LogP contribution is -2.35. The van der Waals surface area contributed by atoms with Crippen LogP contribution in [0.4, 0.5) is 5.69 Å². The average Bonchev–Trinajstić information content (AvgIpc) is 2.35. The molecule has 1 saturated heterocycles. The van der Waals surface area contributed by atoms with Crippen LogP contribution in [-0.2, 0) is 4.79 Å². The zero-order chi connectivity index (χ0) is 13.0. The lowest BCUT2D eigenvalue weighted by atomic mass is 10.0. The first-order chi connectivity index (χ1) is 8.66. The standard InChI is InChI=1S/C14H21N2OP/c1-11-6-2-3-8-13(11)15-14(17)10-12-7-4-5-9-16(12)18/h2-3,6,8,12H,4-5,7,9-10,18H2,1H3,(H,15,17). The molecule has 1 amide bonds. The predicted molar refractivity (Wildman–Crippen MR) is 78.5 cm³/mol. The Morgan fingerprint density at radius 2 is 2.22 bits per heavy atom. The first-order valence-corrected chi connectivity index (χ1v) is 7.05. The minimum Gasteiger partial charge on any atom is -0.326 e. The van der Waals surface area contributed by atoms with Gasteiger partial charge in [-0.15, -0.1) is 0 Å². The smallest absolute Gasteiger partial charge is 0.225 e. The molecule has 3 nitrogen and oxygen atoms in total. The highest BCUT2D eigenvalue weighted by Gasteiger charge is 2.21. The summed E-state index contributed by atoms with van der Waals surface area (Å²) in [7, 11) is 2.75. The molecule has 2 unspecified atom stereocenters. The van der Waals surface area contributed by atoms with Crippen molar-refractivity contribution in [2.24, 2.45) is 0 Å². The molecular weight excluding hydrogens is 243 g/mol. The third-order valence-corrected chi connectivity index (χ3v) is 4.19. The molecule has 0 bridgehead atoms. The Labute approximate surface area is 111 Å². The highest BCUT2D eigenvalue weighted by Crippen LogP contribution is 2.23. The number of amides is 1. The molecule has 0 spiro atoms. The molecule has 98 valence electrons. The topological polar surface area (TPSA) is 32.3 Å². The van der Waals surface area contributed by atoms with E-state index in [9.17, 15) is 4.79 Å². The molecular formula is C14H21N2OP. The van der Waals surface area contributed by atoms with Crippen LogP contribution >= 0.6 is 9.39 Å². The van der Waals surface area contributed by atoms with Gasteiger partial charge in [-0.05, 0) is 31.4 Å². The van der Waals surface area contributed by atoms with Crippen molar-refractivity contribution in [3.05, 3.63) is 29.8 Å². The number of carbonyl (C=O) groups excluding carboxylic acids is 1. The molecule has 1 aromatic carbocycles. The van der Waals surface area contributed by atoms with E-state index >= 15 is 0 Å². The van der Waals surface area contributed by atoms with E-state index in [0.717, 1.165) is 24.2 Å². The first-order valence-electron chi connectivity index (χ1n) is 6.53. The number of hydrogen-bond donors (Lipinski definition) is 1. The average molecular weight is 264 g/mol. The number of nitrogens with zero attached hydrogens (tertiary/aromatic N) is 1. The van der Waals surface area contributed by atoms with Gasteiger partial charge < -0.3 is 5.32 Å². The number of piperidine rings is 1. The molecule has 1 aliphatic heterocycles. The second kappa shape index (κ2) is 6.31. The molecule has 0 saturated carbocycles. The van der Waals surface area contributed by atoms with Gasteiger partial charge in [-0.1, -0.05) is 34.0 Å². The van der Waals surface area contributed by atoms with Crippen LogP contribution in [0.1, 0.15) is 31.2 Å². The molecule has 18 heavy (non-hydrogen) atoms. The summed E-state index contributed by atoms with van der Waals surface area (Å²) in [5.41, 5.74) is 2.03. The molecule has 4 heteroatoms. The minimum absolute atomic E-state index is 0.114. The van der Waals surface area contributed by atoms with Crippen LogP contribution in [0.2, 0.25) is 0 Å². The molecule has 1 aliphatic rings. The number of rotatable bonds is 3. The SMILES string of the molecule is Cc1ccccc1NC(=O)CC1CCCCN1P. The molecule has 0 radical (unpaired) electrons. The van der Waals surface area contributed by atoms with Crippen LogP contribution in [0.5, 0.6) is 0 Å². The summed E-state index contributed by atoms with van der Waals surface area (Å²) >= 11 is 0. The van der Waals surface area contributed by atoms with Crippen molar-refractivity contribution in [3.8, 4) is 0 Å². The number of benzene rings is 1. The Bertz CT molecular complexity index is 422. The largest absolute Gasteiger partial charge is 0.326 e. The summed E-state index contributed by atoms with van der Waals surface area (Å²) in [6, 6.07) is 8.26. The summed E-state index contributed by atoms with van der Waals surface area (Å²) in [5, 5.41) is 3.00. The van der Waals surface area contributed by atoms with Crippen molar-refractivity contribution in [2.75, 3.05) is 11.9 Å². The second-order valence-corrected chi connectivity index (χ2v) is 5.62. The maximum atomic E-state index is 12.0. The molecule has 1 aromatic rings. The van der Waals surface area contributed by atoms with E-state index in [-0.39, 0.29) is 5.91 Å². The van der Waals surface area contributed by atoms with E-state index in [0.29, 0.717) is 12.5 Å². The van der Waals surface area contributed by atoms with Gasteiger partial charge in [0.05, 0.1) is 0 Å². The van der Waals surface area contributed by atoms with Crippen LogP contribution in [0.15, 0.2) is 24.3 Å². The molecule has 1 heterocycles. The predicted octanol–water partition coefficient (Wildman–Crippen LogP) is 2.97. The van der Waals surface area contributed by atoms with Gasteiger partial charge in [-0.2, -0.15) is 0 Å². The third kappa shape index (κ3) is 3.54. The van der Waals surface area contributed by atoms with Gasteiger partial charge in [0.1, 0.15) is 0 Å². The van der Waals surface area contributed by atoms with Gasteiger partial charge in [-0.3, -0.25) is 9.46 Å². The number of para-hydroxylation sites is 1. The number of anilines is 1. The van der Waals surface area contributed by atoms with Crippen LogP contribution in [0, 0.1) is 6.92 Å². The lowest BCUT2D eigenvalue weighted by molar-refractivity contribution is -0.117. The van der Waals surface area contributed by atoms with Crippen LogP contribution in [-0.4, -0.2) is 23.2 Å². The molecule has 0 aliphatic carbocycles. The molecule has 1 fully saturated rings. The summed E-state index contributed by atoms with van der Waals surface area (Å²) in [6.45, 7) is 3.09. The summed E-state index contributed by atoms with van der Waals surface area (Å²) in [6.07, 6.45) is 4.16. The zero-order valence-electron chi connectivity index (χ0n) is 10.9. The minimum atomic E-state index is 0.114. The van der Waals surface area contributed by atoms with Crippen LogP contribution < -0.4 is 5.32 Å². The number of aryl methyl sites for hydroxylation is 1. The molecule has 0 aromatic heterocycles. The number of hydrogen-bond acceptors (Lipinski definition) is 2. The van der Waals surface area contributed by atoms with Gasteiger partial charge >= 0.3 is 0 Å². The normalized spacial score (nSPS) is 20.7. The lowest BCUT2D eigenvalue weighted by Gasteiger charge is -2.31. The van der Waals surface area contributed by atoms with Crippen molar-refractivity contribution in [1.29, 1.82) is 0 Å². The first kappa shape index (κ1) is 13.5. The van der Waals surface area contributed by atoms with Gasteiger partial charge in [0.15, 0.2) is 0 Å². The monoisotopic (exact) mass is 264 g/mol. The van der Waals surface area contributed by atoms with E-state index in [1.54, 1.807) is 0 Å². The van der Waals surface area contributed by atoms with Gasteiger partial charge in [0.2, 0.25) is 5.91 Å². The van der Waals surface area contributed by atoms with Crippen molar-refractivity contribution >= 4 is 21.0 Å². The summed E-state index contributed by atoms with van der Waals surface area (Å²) in [4.78, 5) is 12.0. The Morgan fingerprint density at radius 3 is 2.94 bits per heavy atom. The maximum absolute atomic E-state index is 12.0. The highest BCUT2D eigenvalue weighted by atomic mass is 31.0. The van der Waals surface area contributed by atoms with E-state index in [1.807, 2.05) is 31.2 Å². The van der Waals surface area contributed by atoms with Gasteiger partial charge in [-0.25, -0.2) is 0 Å². The summed E-state index contributed by atoms with van der Waals surface area (Å²) in [5.74, 6) is 0.114. The fraction of sp³-hybridized carbons (Fsp3) is 0.500. The van der Waals surface area contributed by atoms with Gasteiger partial charge in [0.25, 0.3) is 0 Å². The number of nitrogens with one attached hydrogen (secondary N) is 1. The highest BCUT2D eigenvalue weighted by molar-refractivity contribution is 7.13. The van der Waals surface area contributed by atoms with E-state index < -0.39 is 0 Å². The Morgan fingerprint density at radius 1 is 1.44 bits per heavy atom. The fourth-order valence-electron chi connectivity index (χ4n) is 2.37. The zero-order valence-corrected chi connectivity index (χ0v) is 12.0. The Balaban J connectivity index is 1.90. The van der Waals surface area contributed by atoms with E-state index in [2.05, 4.69) is 19.4 Å². The molecule has 2 rings (SSSR count). The molecule has 2 atom stereocenters. The third-order valence-electron chi connectivity index (χ3n) is 3.51. The van der Waals surface area contributed by atoms with Crippen LogP contribution in [0.25, 0.3) is 0 Å². The molecule has 1 N–H and O–H groups in total. The quantitative estimate of drug-likeness (QED) is 0.851.